The van der Waals surface area contributed by atoms with E-state index in [0.717, 1.165) is 47.3 Å². The van der Waals surface area contributed by atoms with E-state index < -0.39 is 0 Å². The van der Waals surface area contributed by atoms with E-state index in [1.165, 1.54) is 28.7 Å². The molecule has 4 rings (SSSR count). The monoisotopic (exact) mass is 494 g/mol. The lowest BCUT2D eigenvalue weighted by molar-refractivity contribution is -0.113. The number of rotatable bonds is 8. The van der Waals surface area contributed by atoms with Crippen LogP contribution in [0.3, 0.4) is 0 Å². The summed E-state index contributed by atoms with van der Waals surface area (Å²) in [6, 6.07) is 9.98. The molecule has 0 aliphatic heterocycles. The van der Waals surface area contributed by atoms with E-state index in [1.54, 1.807) is 0 Å². The van der Waals surface area contributed by atoms with E-state index >= 15 is 0 Å². The number of hydrogen-bond donors (Lipinski definition) is 1. The molecule has 1 atom stereocenters. The standard InChI is InChI=1S/C26H30N4O2S2/c1-5-26(3,4)18-7-9-20-16(12-18)11-17(14-27)24(28-20)33-15-23(31)30-25-29-21-10-8-19(32-6-2)13-22(21)34-25/h8,10-11,13,18H,5-7,9,12,15H2,1-4H3,(H,29,30,31). The Hall–Kier alpha value is -2.63. The predicted octanol–water partition coefficient (Wildman–Crippen LogP) is 6.23. The highest BCUT2D eigenvalue weighted by molar-refractivity contribution is 8.00. The number of aromatic nitrogens is 2. The number of hydrogen-bond acceptors (Lipinski definition) is 7. The van der Waals surface area contributed by atoms with E-state index in [4.69, 9.17) is 9.72 Å². The summed E-state index contributed by atoms with van der Waals surface area (Å²) >= 11 is 2.73. The lowest BCUT2D eigenvalue weighted by atomic mass is 9.69. The molecule has 1 amide bonds. The Balaban J connectivity index is 1.42. The second-order valence-corrected chi connectivity index (χ2v) is 11.3. The van der Waals surface area contributed by atoms with Crippen molar-refractivity contribution in [2.24, 2.45) is 11.3 Å². The van der Waals surface area contributed by atoms with Gasteiger partial charge in [-0.1, -0.05) is 50.3 Å². The van der Waals surface area contributed by atoms with Crippen LogP contribution in [-0.4, -0.2) is 28.2 Å². The van der Waals surface area contributed by atoms with Gasteiger partial charge in [-0.25, -0.2) is 9.97 Å². The van der Waals surface area contributed by atoms with E-state index in [9.17, 15) is 10.1 Å². The molecule has 0 fully saturated rings. The lowest BCUT2D eigenvalue weighted by Gasteiger charge is -2.37. The largest absolute Gasteiger partial charge is 0.494 e. The number of pyridine rings is 1. The van der Waals surface area contributed by atoms with Gasteiger partial charge < -0.3 is 10.1 Å². The second kappa shape index (κ2) is 10.3. The van der Waals surface area contributed by atoms with Gasteiger partial charge in [0.2, 0.25) is 5.91 Å². The van der Waals surface area contributed by atoms with Crippen LogP contribution in [0.4, 0.5) is 5.13 Å². The van der Waals surface area contributed by atoms with Crippen molar-refractivity contribution in [1.29, 1.82) is 5.26 Å². The fourth-order valence-electron chi connectivity index (χ4n) is 4.30. The fraction of sp³-hybridized carbons (Fsp3) is 0.462. The number of aryl methyl sites for hydroxylation is 1. The van der Waals surface area contributed by atoms with Crippen molar-refractivity contribution < 1.29 is 9.53 Å². The summed E-state index contributed by atoms with van der Waals surface area (Å²) in [6.45, 7) is 9.44. The van der Waals surface area contributed by atoms with Crippen LogP contribution in [0.1, 0.15) is 57.4 Å². The Morgan fingerprint density at radius 3 is 2.88 bits per heavy atom. The predicted molar refractivity (Wildman–Crippen MR) is 139 cm³/mol. The van der Waals surface area contributed by atoms with Crippen LogP contribution >= 0.6 is 23.1 Å². The van der Waals surface area contributed by atoms with E-state index in [2.05, 4.69) is 37.1 Å². The number of nitriles is 1. The van der Waals surface area contributed by atoms with Crippen LogP contribution in [-0.2, 0) is 17.6 Å². The number of anilines is 1. The summed E-state index contributed by atoms with van der Waals surface area (Å²) in [7, 11) is 0. The number of nitrogens with zero attached hydrogens (tertiary/aromatic N) is 3. The Morgan fingerprint density at radius 2 is 2.15 bits per heavy atom. The summed E-state index contributed by atoms with van der Waals surface area (Å²) in [4.78, 5) is 21.9. The van der Waals surface area contributed by atoms with E-state index in [-0.39, 0.29) is 17.1 Å². The SMILES string of the molecule is CCOc1ccc2nc(NC(=O)CSc3nc4c(cc3C#N)CC(C(C)(C)CC)CC4)sc2c1. The molecule has 0 saturated carbocycles. The zero-order chi connectivity index (χ0) is 24.3. The van der Waals surface area contributed by atoms with Gasteiger partial charge in [-0.2, -0.15) is 5.26 Å². The zero-order valence-electron chi connectivity index (χ0n) is 20.1. The minimum Gasteiger partial charge on any atom is -0.494 e. The average molecular weight is 495 g/mol. The number of thiazole rings is 1. The molecule has 1 aliphatic carbocycles. The highest BCUT2D eigenvalue weighted by atomic mass is 32.2. The third-order valence-corrected chi connectivity index (χ3v) is 8.67. The Labute approximate surface area is 209 Å². The van der Waals surface area contributed by atoms with Crippen molar-refractivity contribution in [3.8, 4) is 11.8 Å². The summed E-state index contributed by atoms with van der Waals surface area (Å²) in [6.07, 6.45) is 4.13. The van der Waals surface area contributed by atoms with Crippen molar-refractivity contribution >= 4 is 44.4 Å². The second-order valence-electron chi connectivity index (χ2n) is 9.26. The summed E-state index contributed by atoms with van der Waals surface area (Å²) in [5, 5.41) is 13.8. The topological polar surface area (TPSA) is 87.9 Å². The van der Waals surface area contributed by atoms with Crippen molar-refractivity contribution in [3.63, 3.8) is 0 Å². The molecule has 34 heavy (non-hydrogen) atoms. The molecule has 1 aromatic carbocycles. The summed E-state index contributed by atoms with van der Waals surface area (Å²) < 4.78 is 6.50. The first-order chi connectivity index (χ1) is 16.3. The van der Waals surface area contributed by atoms with Crippen molar-refractivity contribution in [3.05, 3.63) is 41.1 Å². The van der Waals surface area contributed by atoms with Crippen LogP contribution in [0.2, 0.25) is 0 Å². The number of nitrogens with one attached hydrogen (secondary N) is 1. The molecule has 0 saturated heterocycles. The number of benzene rings is 1. The van der Waals surface area contributed by atoms with Crippen molar-refractivity contribution in [2.75, 3.05) is 17.7 Å². The Kier molecular flexibility index (Phi) is 7.44. The Morgan fingerprint density at radius 1 is 1.32 bits per heavy atom. The normalized spacial score (nSPS) is 15.6. The molecule has 1 unspecified atom stereocenters. The molecule has 2 aromatic heterocycles. The minimum absolute atomic E-state index is 0.165. The highest BCUT2D eigenvalue weighted by Gasteiger charge is 2.32. The van der Waals surface area contributed by atoms with Crippen LogP contribution in [0.5, 0.6) is 5.75 Å². The zero-order valence-corrected chi connectivity index (χ0v) is 21.7. The number of amides is 1. The molecular formula is C26H30N4O2S2. The quantitative estimate of drug-likeness (QED) is 0.373. The smallest absolute Gasteiger partial charge is 0.236 e. The molecule has 178 valence electrons. The van der Waals surface area contributed by atoms with Gasteiger partial charge in [0.25, 0.3) is 0 Å². The molecule has 1 aliphatic rings. The third kappa shape index (κ3) is 5.37. The van der Waals surface area contributed by atoms with Gasteiger partial charge in [0.1, 0.15) is 16.8 Å². The molecule has 6 nitrogen and oxygen atoms in total. The lowest BCUT2D eigenvalue weighted by Crippen LogP contribution is -2.29. The molecule has 2 heterocycles. The highest BCUT2D eigenvalue weighted by Crippen LogP contribution is 2.40. The van der Waals surface area contributed by atoms with E-state index in [0.29, 0.717) is 28.2 Å². The van der Waals surface area contributed by atoms with Gasteiger partial charge in [0, 0.05) is 5.69 Å². The maximum Gasteiger partial charge on any atom is 0.236 e. The Bertz CT molecular complexity index is 1250. The fourth-order valence-corrected chi connectivity index (χ4v) is 5.98. The van der Waals surface area contributed by atoms with Crippen molar-refractivity contribution in [1.82, 2.24) is 9.97 Å². The maximum atomic E-state index is 12.6. The number of fused-ring (bicyclic) bond motifs is 2. The molecule has 1 N–H and O–H groups in total. The van der Waals surface area contributed by atoms with Gasteiger partial charge in [-0.05, 0) is 67.3 Å². The number of ether oxygens (including phenoxy) is 1. The van der Waals surface area contributed by atoms with Gasteiger partial charge >= 0.3 is 0 Å². The third-order valence-electron chi connectivity index (χ3n) is 6.75. The van der Waals surface area contributed by atoms with Gasteiger partial charge in [-0.3, -0.25) is 4.79 Å². The summed E-state index contributed by atoms with van der Waals surface area (Å²) in [5.41, 5.74) is 3.91. The minimum atomic E-state index is -0.165. The first-order valence-electron chi connectivity index (χ1n) is 11.7. The van der Waals surface area contributed by atoms with E-state index in [1.807, 2.05) is 31.2 Å². The number of thioether (sulfide) groups is 1. The van der Waals surface area contributed by atoms with Crippen LogP contribution in [0, 0.1) is 22.7 Å². The van der Waals surface area contributed by atoms with Gasteiger partial charge in [0.15, 0.2) is 5.13 Å². The molecular weight excluding hydrogens is 464 g/mol. The van der Waals surface area contributed by atoms with Gasteiger partial charge in [-0.15, -0.1) is 0 Å². The molecule has 0 spiro atoms. The maximum absolute atomic E-state index is 12.6. The summed E-state index contributed by atoms with van der Waals surface area (Å²) in [5.74, 6) is 1.40. The molecule has 0 bridgehead atoms. The average Bonchev–Trinajstić information content (AvgIpc) is 3.23. The molecule has 8 heteroatoms. The van der Waals surface area contributed by atoms with Crippen molar-refractivity contribution in [2.45, 2.75) is 58.4 Å². The number of carbonyl (C=O) groups is 1. The van der Waals surface area contributed by atoms with Crippen LogP contribution in [0.15, 0.2) is 29.3 Å². The molecule has 0 radical (unpaired) electrons. The molecule has 3 aromatic rings. The van der Waals surface area contributed by atoms with Crippen LogP contribution < -0.4 is 10.1 Å². The first kappa shape index (κ1) is 24.5. The first-order valence-corrected chi connectivity index (χ1v) is 13.5. The van der Waals surface area contributed by atoms with Crippen LogP contribution in [0.25, 0.3) is 10.2 Å². The van der Waals surface area contributed by atoms with Gasteiger partial charge in [0.05, 0.1) is 28.1 Å². The number of carbonyl (C=O) groups excluding carboxylic acids is 1.